The third-order valence-corrected chi connectivity index (χ3v) is 12.3. The van der Waals surface area contributed by atoms with Crippen LogP contribution < -0.4 is 10.2 Å². The van der Waals surface area contributed by atoms with Crippen LogP contribution in [0.3, 0.4) is 0 Å². The maximum Gasteiger partial charge on any atom is 0.263 e. The van der Waals surface area contributed by atoms with Gasteiger partial charge >= 0.3 is 0 Å². The van der Waals surface area contributed by atoms with Gasteiger partial charge in [0.15, 0.2) is 5.16 Å². The first kappa shape index (κ1) is 29.4. The lowest BCUT2D eigenvalue weighted by molar-refractivity contribution is -0.134. The van der Waals surface area contributed by atoms with Crippen molar-refractivity contribution >= 4 is 49.1 Å². The van der Waals surface area contributed by atoms with Crippen LogP contribution in [0, 0.1) is 0 Å². The van der Waals surface area contributed by atoms with E-state index in [2.05, 4.69) is 15.2 Å². The average molecular weight is 617 g/mol. The van der Waals surface area contributed by atoms with Gasteiger partial charge in [-0.2, -0.15) is 13.7 Å². The quantitative estimate of drug-likeness (QED) is 0.117. The number of ether oxygens (including phenoxy) is 1. The van der Waals surface area contributed by atoms with Gasteiger partial charge in [-0.1, -0.05) is 11.8 Å². The molecule has 39 heavy (non-hydrogen) atoms. The zero-order chi connectivity index (χ0) is 28.0. The van der Waals surface area contributed by atoms with Crippen LogP contribution in [0.2, 0.25) is 0 Å². The molecule has 3 aromatic rings. The highest BCUT2D eigenvalue weighted by Gasteiger charge is 2.43. The van der Waals surface area contributed by atoms with Gasteiger partial charge in [0.05, 0.1) is 12.4 Å². The van der Waals surface area contributed by atoms with E-state index < -0.39 is 38.5 Å². The highest BCUT2D eigenvalue weighted by molar-refractivity contribution is 7.99. The molecule has 4 rings (SSSR count). The molecule has 2 aromatic heterocycles. The van der Waals surface area contributed by atoms with Crippen LogP contribution in [0.15, 0.2) is 52.1 Å². The van der Waals surface area contributed by atoms with Crippen molar-refractivity contribution in [3.05, 3.63) is 42.7 Å². The summed E-state index contributed by atoms with van der Waals surface area (Å²) in [4.78, 5) is 17.2. The van der Waals surface area contributed by atoms with Crippen molar-refractivity contribution in [1.29, 1.82) is 0 Å². The molecule has 212 valence electrons. The summed E-state index contributed by atoms with van der Waals surface area (Å²) >= 11 is 2.36. The van der Waals surface area contributed by atoms with E-state index in [4.69, 9.17) is 4.74 Å². The Balaban J connectivity index is 1.46. The summed E-state index contributed by atoms with van der Waals surface area (Å²) in [5.74, 6) is -0.0316. The first-order valence-corrected chi connectivity index (χ1v) is 16.8. The van der Waals surface area contributed by atoms with Gasteiger partial charge < -0.3 is 4.74 Å². The molecule has 1 amide bonds. The summed E-state index contributed by atoms with van der Waals surface area (Å²) in [6.45, 7) is 1.62. The third kappa shape index (κ3) is 6.97. The van der Waals surface area contributed by atoms with Crippen LogP contribution in [0.1, 0.15) is 13.3 Å². The zero-order valence-electron chi connectivity index (χ0n) is 20.9. The van der Waals surface area contributed by atoms with Crippen LogP contribution >= 0.6 is 23.1 Å². The van der Waals surface area contributed by atoms with Gasteiger partial charge in [0.1, 0.15) is 22.3 Å². The molecule has 0 saturated carbocycles. The summed E-state index contributed by atoms with van der Waals surface area (Å²) in [7, 11) is -7.96. The van der Waals surface area contributed by atoms with E-state index in [-0.39, 0.29) is 23.1 Å². The zero-order valence-corrected chi connectivity index (χ0v) is 24.2. The second kappa shape index (κ2) is 12.8. The van der Waals surface area contributed by atoms with Crippen molar-refractivity contribution in [1.82, 2.24) is 29.3 Å². The Kier molecular flexibility index (Phi) is 9.63. The number of nitrogens with one attached hydrogen (secondary N) is 2. The number of amides is 1. The predicted octanol–water partition coefficient (Wildman–Crippen LogP) is 1.62. The standard InChI is InChI=1S/C22H28N6O7S4/c1-2-35-17-6-4-16(5-7-17)19-8-9-20(37-19)39(33,34)28-11-10-27(14-18(28)21(29)26-30)38(31,32)13-3-12-36-22-23-15-24-25-22/h4-9,15,18,30H,2-3,10-14H2,1H3,(H,26,29)(H,23,24,25)/t18-/m1/s1. The smallest absolute Gasteiger partial charge is 0.263 e. The molecule has 1 saturated heterocycles. The van der Waals surface area contributed by atoms with E-state index in [0.717, 1.165) is 25.5 Å². The molecular weight excluding hydrogens is 589 g/mol. The maximum absolute atomic E-state index is 13.6. The summed E-state index contributed by atoms with van der Waals surface area (Å²) in [6, 6.07) is 8.91. The van der Waals surface area contributed by atoms with Crippen molar-refractivity contribution in [3.63, 3.8) is 0 Å². The van der Waals surface area contributed by atoms with Crippen LogP contribution in [0.4, 0.5) is 0 Å². The molecule has 1 atom stereocenters. The molecule has 0 aliphatic carbocycles. The Morgan fingerprint density at radius 1 is 1.21 bits per heavy atom. The fourth-order valence-electron chi connectivity index (χ4n) is 3.98. The number of carbonyl (C=O) groups is 1. The molecule has 1 fully saturated rings. The van der Waals surface area contributed by atoms with Crippen LogP contribution in [0.25, 0.3) is 10.4 Å². The van der Waals surface area contributed by atoms with Crippen LogP contribution in [0.5, 0.6) is 5.75 Å². The molecular formula is C22H28N6O7S4. The second-order valence-electron chi connectivity index (χ2n) is 8.35. The van der Waals surface area contributed by atoms with E-state index in [1.165, 1.54) is 29.6 Å². The van der Waals surface area contributed by atoms with Crippen molar-refractivity contribution in [2.75, 3.05) is 37.7 Å². The van der Waals surface area contributed by atoms with Crippen LogP contribution in [-0.4, -0.2) is 95.5 Å². The van der Waals surface area contributed by atoms with Gasteiger partial charge in [-0.3, -0.25) is 15.1 Å². The molecule has 1 aromatic carbocycles. The van der Waals surface area contributed by atoms with E-state index in [1.54, 1.807) is 18.2 Å². The number of aromatic nitrogens is 3. The van der Waals surface area contributed by atoms with E-state index >= 15 is 0 Å². The molecule has 1 aliphatic rings. The Morgan fingerprint density at radius 2 is 1.97 bits per heavy atom. The Morgan fingerprint density at radius 3 is 2.64 bits per heavy atom. The molecule has 1 aliphatic heterocycles. The lowest BCUT2D eigenvalue weighted by Crippen LogP contribution is -2.61. The minimum atomic E-state index is -4.17. The minimum absolute atomic E-state index is 0.00266. The average Bonchev–Trinajstić information content (AvgIpc) is 3.64. The third-order valence-electron chi connectivity index (χ3n) is 5.87. The van der Waals surface area contributed by atoms with Crippen molar-refractivity contribution in [2.45, 2.75) is 28.8 Å². The number of H-pyrrole nitrogens is 1. The van der Waals surface area contributed by atoms with Gasteiger partial charge in [-0.15, -0.1) is 11.3 Å². The fourth-order valence-corrected chi connectivity index (χ4v) is 9.39. The first-order valence-electron chi connectivity index (χ1n) is 11.9. The van der Waals surface area contributed by atoms with Gasteiger partial charge in [-0.05, 0) is 55.3 Å². The van der Waals surface area contributed by atoms with Crippen molar-refractivity contribution < 1.29 is 31.6 Å². The summed E-state index contributed by atoms with van der Waals surface area (Å²) in [5, 5.41) is 16.3. The van der Waals surface area contributed by atoms with Gasteiger partial charge in [0, 0.05) is 30.3 Å². The summed E-state index contributed by atoms with van der Waals surface area (Å²) in [5.41, 5.74) is 2.28. The number of nitrogens with zero attached hydrogens (tertiary/aromatic N) is 4. The van der Waals surface area contributed by atoms with E-state index in [1.807, 2.05) is 19.1 Å². The molecule has 0 spiro atoms. The monoisotopic (exact) mass is 616 g/mol. The second-order valence-corrected chi connectivity index (χ2v) is 14.7. The highest BCUT2D eigenvalue weighted by Crippen LogP contribution is 2.34. The molecule has 17 heteroatoms. The number of hydrogen-bond acceptors (Lipinski definition) is 11. The lowest BCUT2D eigenvalue weighted by atomic mass is 10.2. The summed E-state index contributed by atoms with van der Waals surface area (Å²) < 4.78 is 60.5. The normalized spacial score (nSPS) is 17.2. The van der Waals surface area contributed by atoms with Crippen molar-refractivity contribution in [2.24, 2.45) is 0 Å². The molecule has 13 nitrogen and oxygen atoms in total. The number of benzene rings is 1. The number of hydroxylamine groups is 1. The Hall–Kier alpha value is -2.54. The predicted molar refractivity (Wildman–Crippen MR) is 146 cm³/mol. The van der Waals surface area contributed by atoms with E-state index in [9.17, 15) is 26.8 Å². The largest absolute Gasteiger partial charge is 0.494 e. The number of piperazine rings is 1. The lowest BCUT2D eigenvalue weighted by Gasteiger charge is -2.38. The molecule has 0 bridgehead atoms. The first-order chi connectivity index (χ1) is 18.7. The van der Waals surface area contributed by atoms with Gasteiger partial charge in [0.2, 0.25) is 10.0 Å². The van der Waals surface area contributed by atoms with Gasteiger partial charge in [-0.25, -0.2) is 27.3 Å². The minimum Gasteiger partial charge on any atom is -0.494 e. The molecule has 0 unspecified atom stereocenters. The summed E-state index contributed by atoms with van der Waals surface area (Å²) in [6.07, 6.45) is 1.67. The van der Waals surface area contributed by atoms with Crippen molar-refractivity contribution in [3.8, 4) is 16.2 Å². The number of sulfonamides is 2. The number of thioether (sulfide) groups is 1. The molecule has 0 radical (unpaired) electrons. The molecule has 3 N–H and O–H groups in total. The Labute approximate surface area is 234 Å². The van der Waals surface area contributed by atoms with Crippen LogP contribution in [-0.2, 0) is 24.8 Å². The number of carbonyl (C=O) groups excluding carboxylic acids is 1. The maximum atomic E-state index is 13.6. The number of thiophene rings is 1. The number of hydrogen-bond donors (Lipinski definition) is 3. The SMILES string of the molecule is CCOc1ccc(-c2ccc(S(=O)(=O)N3CCN(S(=O)(=O)CCCSc4ncn[nH]4)C[C@@H]3C(=O)NO)s2)cc1. The van der Waals surface area contributed by atoms with E-state index in [0.29, 0.717) is 34.6 Å². The Bertz CT molecular complexity index is 1460. The fraction of sp³-hybridized carbons (Fsp3) is 0.409. The highest BCUT2D eigenvalue weighted by atomic mass is 32.2. The number of aromatic amines is 1. The number of rotatable bonds is 12. The topological polar surface area (TPSA) is 175 Å². The molecule has 3 heterocycles. The van der Waals surface area contributed by atoms with Gasteiger partial charge in [0.25, 0.3) is 15.9 Å².